The van der Waals surface area contributed by atoms with Crippen LogP contribution in [0.25, 0.3) is 22.4 Å². The number of ether oxygens (including phenoxy) is 3. The van der Waals surface area contributed by atoms with Gasteiger partial charge in [0.15, 0.2) is 0 Å². The summed E-state index contributed by atoms with van der Waals surface area (Å²) in [6.07, 6.45) is -6.88. The smallest absolute Gasteiger partial charge is 0.429 e. The van der Waals surface area contributed by atoms with Crippen molar-refractivity contribution in [2.75, 3.05) is 19.5 Å². The summed E-state index contributed by atoms with van der Waals surface area (Å²) in [7, 11) is 1.39. The molecule has 11 heteroatoms. The Morgan fingerprint density at radius 3 is 2.29 bits per heavy atom. The van der Waals surface area contributed by atoms with Gasteiger partial charge in [0.25, 0.3) is 0 Å². The molecule has 8 nitrogen and oxygen atoms in total. The molecule has 0 radical (unpaired) electrons. The van der Waals surface area contributed by atoms with Gasteiger partial charge in [-0.3, -0.25) is 4.79 Å². The molecule has 0 unspecified atom stereocenters. The summed E-state index contributed by atoms with van der Waals surface area (Å²) in [5, 5.41) is 0. The summed E-state index contributed by atoms with van der Waals surface area (Å²) in [5.41, 5.74) is 14.5. The number of esters is 1. The number of carbonyl (C=O) groups is 1. The number of nitrogen functional groups attached to an aromatic ring is 1. The van der Waals surface area contributed by atoms with Crippen molar-refractivity contribution in [3.8, 4) is 34.0 Å². The van der Waals surface area contributed by atoms with E-state index in [9.17, 15) is 18.0 Å². The molecule has 1 heterocycles. The van der Waals surface area contributed by atoms with Crippen LogP contribution in [-0.2, 0) is 16.0 Å². The highest BCUT2D eigenvalue weighted by atomic mass is 19.4. The summed E-state index contributed by atoms with van der Waals surface area (Å²) in [5.74, 6) is -0.858. The number of alkyl halides is 3. The average molecular weight is 567 g/mol. The predicted octanol–water partition coefficient (Wildman–Crippen LogP) is 5.52. The van der Waals surface area contributed by atoms with Crippen molar-refractivity contribution in [2.45, 2.75) is 31.7 Å². The Labute approximate surface area is 235 Å². The minimum absolute atomic E-state index is 0.171. The van der Waals surface area contributed by atoms with E-state index in [0.717, 1.165) is 11.1 Å². The van der Waals surface area contributed by atoms with Gasteiger partial charge in [-0.1, -0.05) is 66.7 Å². The number of hydrogen-bond acceptors (Lipinski definition) is 8. The molecule has 4 aromatic rings. The van der Waals surface area contributed by atoms with Gasteiger partial charge in [0.1, 0.15) is 11.8 Å². The van der Waals surface area contributed by atoms with Crippen LogP contribution in [0.15, 0.2) is 78.9 Å². The van der Waals surface area contributed by atoms with Crippen molar-refractivity contribution < 1.29 is 32.2 Å². The van der Waals surface area contributed by atoms with Gasteiger partial charge < -0.3 is 25.7 Å². The lowest BCUT2D eigenvalue weighted by Gasteiger charge is -2.23. The molecular weight excluding hydrogens is 537 g/mol. The van der Waals surface area contributed by atoms with Gasteiger partial charge in [-0.05, 0) is 30.5 Å². The van der Waals surface area contributed by atoms with Crippen molar-refractivity contribution in [3.05, 3.63) is 90.0 Å². The molecule has 0 amide bonds. The fraction of sp³-hybridized carbons (Fsp3) is 0.233. The summed E-state index contributed by atoms with van der Waals surface area (Å²) in [6.45, 7) is 1.92. The lowest BCUT2D eigenvalue weighted by Crippen LogP contribution is -2.34. The molecule has 3 aromatic carbocycles. The van der Waals surface area contributed by atoms with Gasteiger partial charge in [-0.15, -0.1) is 0 Å². The van der Waals surface area contributed by atoms with E-state index in [1.807, 2.05) is 30.3 Å². The number of halogens is 3. The van der Waals surface area contributed by atoms with E-state index in [2.05, 4.69) is 9.97 Å². The molecule has 4 rings (SSSR count). The van der Waals surface area contributed by atoms with E-state index in [1.54, 1.807) is 37.3 Å². The van der Waals surface area contributed by atoms with Crippen LogP contribution in [0, 0.1) is 0 Å². The lowest BCUT2D eigenvalue weighted by molar-refractivity contribution is -0.198. The van der Waals surface area contributed by atoms with Crippen molar-refractivity contribution in [1.82, 2.24) is 9.97 Å². The van der Waals surface area contributed by atoms with E-state index in [1.165, 1.54) is 25.3 Å². The zero-order valence-electron chi connectivity index (χ0n) is 22.4. The summed E-state index contributed by atoms with van der Waals surface area (Å²) in [6, 6.07) is 20.7. The molecule has 41 heavy (non-hydrogen) atoms. The first-order chi connectivity index (χ1) is 19.6. The predicted molar refractivity (Wildman–Crippen MR) is 148 cm³/mol. The molecule has 0 saturated heterocycles. The molecule has 0 aliphatic rings. The SMILES string of the molecule is CCOC(=O)[C@@H](N)Cc1ccc(-c2cc(O[C@H](c3ccc(-c4ccccc4)c(OC)c3)C(F)(F)F)nc(N)n2)cc1. The van der Waals surface area contributed by atoms with Crippen LogP contribution in [0.3, 0.4) is 0 Å². The van der Waals surface area contributed by atoms with Crippen molar-refractivity contribution >= 4 is 11.9 Å². The maximum atomic E-state index is 14.2. The number of rotatable bonds is 10. The molecule has 0 aliphatic heterocycles. The van der Waals surface area contributed by atoms with E-state index in [-0.39, 0.29) is 41.9 Å². The van der Waals surface area contributed by atoms with Crippen LogP contribution >= 0.6 is 0 Å². The Bertz CT molecular complexity index is 1480. The van der Waals surface area contributed by atoms with E-state index < -0.39 is 24.3 Å². The number of carbonyl (C=O) groups excluding carboxylic acids is 1. The molecule has 4 N–H and O–H groups in total. The standard InChI is InChI=1S/C30H29F3N4O4/c1-3-40-28(38)23(34)15-18-9-11-20(12-10-18)24-17-26(37-29(35)36-24)41-27(30(31,32)33)21-13-14-22(25(16-21)39-2)19-7-5-4-6-8-19/h4-14,16-17,23,27H,3,15,34H2,1-2H3,(H2,35,36,37)/t23-,27+/m0/s1. The topological polar surface area (TPSA) is 123 Å². The Morgan fingerprint density at radius 2 is 1.66 bits per heavy atom. The van der Waals surface area contributed by atoms with Crippen LogP contribution < -0.4 is 20.9 Å². The highest BCUT2D eigenvalue weighted by molar-refractivity contribution is 5.76. The number of anilines is 1. The van der Waals surface area contributed by atoms with E-state index in [4.69, 9.17) is 25.7 Å². The highest BCUT2D eigenvalue weighted by Crippen LogP contribution is 2.40. The van der Waals surface area contributed by atoms with Crippen molar-refractivity contribution in [1.29, 1.82) is 0 Å². The van der Waals surface area contributed by atoms with Gasteiger partial charge >= 0.3 is 12.1 Å². The first-order valence-corrected chi connectivity index (χ1v) is 12.7. The van der Waals surface area contributed by atoms with Crippen LogP contribution in [0.1, 0.15) is 24.2 Å². The maximum absolute atomic E-state index is 14.2. The molecule has 0 spiro atoms. The van der Waals surface area contributed by atoms with Crippen LogP contribution in [0.5, 0.6) is 11.6 Å². The van der Waals surface area contributed by atoms with Crippen LogP contribution in [0.4, 0.5) is 19.1 Å². The summed E-state index contributed by atoms with van der Waals surface area (Å²) in [4.78, 5) is 19.8. The molecule has 0 aliphatic carbocycles. The molecule has 0 saturated carbocycles. The maximum Gasteiger partial charge on any atom is 0.429 e. The van der Waals surface area contributed by atoms with Gasteiger partial charge in [0, 0.05) is 22.8 Å². The number of aromatic nitrogens is 2. The van der Waals surface area contributed by atoms with Crippen molar-refractivity contribution in [3.63, 3.8) is 0 Å². The fourth-order valence-electron chi connectivity index (χ4n) is 4.22. The summed E-state index contributed by atoms with van der Waals surface area (Å²) >= 11 is 0. The third-order valence-corrected chi connectivity index (χ3v) is 6.16. The number of hydrogen-bond donors (Lipinski definition) is 2. The Hall–Kier alpha value is -4.64. The molecule has 2 atom stereocenters. The van der Waals surface area contributed by atoms with Gasteiger partial charge in [0.05, 0.1) is 19.4 Å². The number of nitrogens with zero attached hydrogens (tertiary/aromatic N) is 2. The number of methoxy groups -OCH3 is 1. The molecule has 0 bridgehead atoms. The molecular formula is C30H29F3N4O4. The third kappa shape index (κ3) is 7.31. The minimum Gasteiger partial charge on any atom is -0.496 e. The second kappa shape index (κ2) is 12.7. The second-order valence-corrected chi connectivity index (χ2v) is 9.07. The van der Waals surface area contributed by atoms with E-state index >= 15 is 0 Å². The normalized spacial score (nSPS) is 12.8. The highest BCUT2D eigenvalue weighted by Gasteiger charge is 2.44. The zero-order chi connectivity index (χ0) is 29.6. The third-order valence-electron chi connectivity index (χ3n) is 6.16. The van der Waals surface area contributed by atoms with Crippen LogP contribution in [-0.4, -0.2) is 41.9 Å². The minimum atomic E-state index is -4.78. The number of benzene rings is 3. The Morgan fingerprint density at radius 1 is 0.951 bits per heavy atom. The summed E-state index contributed by atoms with van der Waals surface area (Å²) < 4.78 is 58.5. The molecule has 214 valence electrons. The van der Waals surface area contributed by atoms with Crippen molar-refractivity contribution in [2.24, 2.45) is 5.73 Å². The van der Waals surface area contributed by atoms with Gasteiger partial charge in [-0.25, -0.2) is 4.98 Å². The quantitative estimate of drug-likeness (QED) is 0.241. The zero-order valence-corrected chi connectivity index (χ0v) is 22.4. The Kier molecular flexibility index (Phi) is 9.08. The first-order valence-electron chi connectivity index (χ1n) is 12.7. The van der Waals surface area contributed by atoms with Gasteiger partial charge in [-0.2, -0.15) is 18.2 Å². The monoisotopic (exact) mass is 566 g/mol. The average Bonchev–Trinajstić information content (AvgIpc) is 2.95. The molecule has 1 aromatic heterocycles. The fourth-order valence-corrected chi connectivity index (χ4v) is 4.22. The molecule has 0 fully saturated rings. The van der Waals surface area contributed by atoms with E-state index in [0.29, 0.717) is 11.1 Å². The first kappa shape index (κ1) is 29.3. The van der Waals surface area contributed by atoms with Crippen LogP contribution in [0.2, 0.25) is 0 Å². The second-order valence-electron chi connectivity index (χ2n) is 9.07. The lowest BCUT2D eigenvalue weighted by atomic mass is 10.00. The largest absolute Gasteiger partial charge is 0.496 e. The number of nitrogens with two attached hydrogens (primary N) is 2. The van der Waals surface area contributed by atoms with Gasteiger partial charge in [0.2, 0.25) is 17.9 Å². The Balaban J connectivity index is 1.60.